The third kappa shape index (κ3) is 3.68. The lowest BCUT2D eigenvalue weighted by atomic mass is 10.1. The van der Waals surface area contributed by atoms with Crippen LogP contribution in [0, 0.1) is 6.92 Å². The van der Waals surface area contributed by atoms with E-state index in [2.05, 4.69) is 14.7 Å². The van der Waals surface area contributed by atoms with E-state index in [0.29, 0.717) is 17.5 Å². The largest absolute Gasteiger partial charge is 0.449 e. The minimum absolute atomic E-state index is 0.216. The van der Waals surface area contributed by atoms with Crippen molar-refractivity contribution >= 4 is 10.0 Å². The SMILES string of the molecule is Cc1nc(-c2ccc(S(=O)(=O)NCc3cncc(C4CC4)c3)cc2)co1. The fraction of sp³-hybridized carbons (Fsp3) is 0.263. The fourth-order valence-corrected chi connectivity index (χ4v) is 3.82. The Morgan fingerprint density at radius 1 is 1.19 bits per heavy atom. The summed E-state index contributed by atoms with van der Waals surface area (Å²) < 4.78 is 32.9. The van der Waals surface area contributed by atoms with Crippen molar-refractivity contribution in [1.29, 1.82) is 0 Å². The maximum Gasteiger partial charge on any atom is 0.240 e. The first kappa shape index (κ1) is 16.9. The number of oxazole rings is 1. The summed E-state index contributed by atoms with van der Waals surface area (Å²) >= 11 is 0. The number of hydrogen-bond acceptors (Lipinski definition) is 5. The second-order valence-corrected chi connectivity index (χ2v) is 8.27. The van der Waals surface area contributed by atoms with Gasteiger partial charge in [-0.2, -0.15) is 0 Å². The summed E-state index contributed by atoms with van der Waals surface area (Å²) in [6, 6.07) is 8.62. The molecule has 0 amide bonds. The Morgan fingerprint density at radius 3 is 2.62 bits per heavy atom. The molecule has 1 aromatic carbocycles. The van der Waals surface area contributed by atoms with Gasteiger partial charge in [0.2, 0.25) is 10.0 Å². The molecule has 6 nitrogen and oxygen atoms in total. The van der Waals surface area contributed by atoms with Gasteiger partial charge in [-0.3, -0.25) is 4.98 Å². The highest BCUT2D eigenvalue weighted by atomic mass is 32.2. The highest BCUT2D eigenvalue weighted by Gasteiger charge is 2.24. The van der Waals surface area contributed by atoms with Crippen molar-refractivity contribution in [2.45, 2.75) is 37.1 Å². The minimum atomic E-state index is -3.59. The van der Waals surface area contributed by atoms with Crippen LogP contribution in [0.4, 0.5) is 0 Å². The van der Waals surface area contributed by atoms with Crippen LogP contribution < -0.4 is 4.72 Å². The summed E-state index contributed by atoms with van der Waals surface area (Å²) in [6.45, 7) is 1.99. The zero-order valence-electron chi connectivity index (χ0n) is 14.3. The van der Waals surface area contributed by atoms with Gasteiger partial charge >= 0.3 is 0 Å². The van der Waals surface area contributed by atoms with E-state index in [1.165, 1.54) is 18.4 Å². The summed E-state index contributed by atoms with van der Waals surface area (Å²) in [7, 11) is -3.59. The van der Waals surface area contributed by atoms with E-state index >= 15 is 0 Å². The van der Waals surface area contributed by atoms with Crippen LogP contribution in [0.3, 0.4) is 0 Å². The maximum absolute atomic E-state index is 12.5. The predicted octanol–water partition coefficient (Wildman–Crippen LogP) is 3.40. The Labute approximate surface area is 152 Å². The molecule has 0 spiro atoms. The Balaban J connectivity index is 1.47. The first-order valence-electron chi connectivity index (χ1n) is 8.47. The molecule has 0 unspecified atom stereocenters. The van der Waals surface area contributed by atoms with E-state index in [0.717, 1.165) is 11.1 Å². The highest BCUT2D eigenvalue weighted by Crippen LogP contribution is 2.39. The Bertz CT molecular complexity index is 1020. The number of aryl methyl sites for hydroxylation is 1. The average Bonchev–Trinajstić information content (AvgIpc) is 3.42. The van der Waals surface area contributed by atoms with E-state index in [-0.39, 0.29) is 11.4 Å². The first-order valence-corrected chi connectivity index (χ1v) is 9.96. The van der Waals surface area contributed by atoms with Gasteiger partial charge in [-0.25, -0.2) is 18.1 Å². The summed E-state index contributed by atoms with van der Waals surface area (Å²) in [6.07, 6.45) is 7.49. The number of aromatic nitrogens is 2. The van der Waals surface area contributed by atoms with Crippen molar-refractivity contribution in [1.82, 2.24) is 14.7 Å². The van der Waals surface area contributed by atoms with Crippen molar-refractivity contribution in [3.05, 3.63) is 66.0 Å². The predicted molar refractivity (Wildman–Crippen MR) is 96.9 cm³/mol. The molecule has 7 heteroatoms. The van der Waals surface area contributed by atoms with Crippen molar-refractivity contribution in [3.63, 3.8) is 0 Å². The molecule has 1 aliphatic rings. The number of nitrogens with one attached hydrogen (secondary N) is 1. The molecule has 1 aliphatic carbocycles. The number of sulfonamides is 1. The third-order valence-electron chi connectivity index (χ3n) is 4.41. The lowest BCUT2D eigenvalue weighted by Crippen LogP contribution is -2.23. The molecule has 0 saturated heterocycles. The van der Waals surface area contributed by atoms with Gasteiger partial charge in [0.25, 0.3) is 0 Å². The Hall–Kier alpha value is -2.51. The summed E-state index contributed by atoms with van der Waals surface area (Å²) in [4.78, 5) is 8.67. The number of pyridine rings is 1. The van der Waals surface area contributed by atoms with Gasteiger partial charge in [-0.15, -0.1) is 0 Å². The van der Waals surface area contributed by atoms with E-state index in [1.807, 2.05) is 12.3 Å². The van der Waals surface area contributed by atoms with E-state index in [9.17, 15) is 8.42 Å². The van der Waals surface area contributed by atoms with E-state index < -0.39 is 10.0 Å². The number of rotatable bonds is 6. The Morgan fingerprint density at radius 2 is 1.96 bits per heavy atom. The van der Waals surface area contributed by atoms with Crippen LogP contribution in [0.1, 0.15) is 35.8 Å². The lowest BCUT2D eigenvalue weighted by Gasteiger charge is -2.08. The first-order chi connectivity index (χ1) is 12.5. The smallest absolute Gasteiger partial charge is 0.240 e. The lowest BCUT2D eigenvalue weighted by molar-refractivity contribution is 0.521. The zero-order chi connectivity index (χ0) is 18.1. The topological polar surface area (TPSA) is 85.1 Å². The molecule has 2 aromatic heterocycles. The monoisotopic (exact) mass is 369 g/mol. The van der Waals surface area contributed by atoms with Crippen LogP contribution in [0.15, 0.2) is 58.3 Å². The molecule has 0 radical (unpaired) electrons. The third-order valence-corrected chi connectivity index (χ3v) is 5.83. The van der Waals surface area contributed by atoms with Crippen molar-refractivity contribution in [3.8, 4) is 11.3 Å². The molecule has 0 aliphatic heterocycles. The van der Waals surface area contributed by atoms with Gasteiger partial charge in [0.05, 0.1) is 4.90 Å². The molecule has 3 aromatic rings. The van der Waals surface area contributed by atoms with Crippen LogP contribution in [-0.4, -0.2) is 18.4 Å². The van der Waals surface area contributed by atoms with Crippen LogP contribution in [-0.2, 0) is 16.6 Å². The second-order valence-electron chi connectivity index (χ2n) is 6.50. The molecule has 26 heavy (non-hydrogen) atoms. The zero-order valence-corrected chi connectivity index (χ0v) is 15.2. The van der Waals surface area contributed by atoms with Crippen molar-refractivity contribution in [2.75, 3.05) is 0 Å². The molecule has 1 saturated carbocycles. The molecule has 1 N–H and O–H groups in total. The van der Waals surface area contributed by atoms with Crippen LogP contribution >= 0.6 is 0 Å². The van der Waals surface area contributed by atoms with E-state index in [1.54, 1.807) is 43.6 Å². The molecule has 0 bridgehead atoms. The quantitative estimate of drug-likeness (QED) is 0.720. The minimum Gasteiger partial charge on any atom is -0.449 e. The Kier molecular flexibility index (Phi) is 4.34. The van der Waals surface area contributed by atoms with Gasteiger partial charge in [-0.05, 0) is 42.0 Å². The summed E-state index contributed by atoms with van der Waals surface area (Å²) in [5.41, 5.74) is 3.55. The van der Waals surface area contributed by atoms with Crippen LogP contribution in [0.2, 0.25) is 0 Å². The van der Waals surface area contributed by atoms with Gasteiger partial charge in [-0.1, -0.05) is 18.2 Å². The molecule has 2 heterocycles. The van der Waals surface area contributed by atoms with Gasteiger partial charge in [0.15, 0.2) is 5.89 Å². The summed E-state index contributed by atoms with van der Waals surface area (Å²) in [5, 5.41) is 0. The number of hydrogen-bond donors (Lipinski definition) is 1. The summed E-state index contributed by atoms with van der Waals surface area (Å²) in [5.74, 6) is 1.16. The molecular formula is C19H19N3O3S. The van der Waals surface area contributed by atoms with Crippen molar-refractivity contribution in [2.24, 2.45) is 0 Å². The fourth-order valence-electron chi connectivity index (χ4n) is 2.81. The van der Waals surface area contributed by atoms with Gasteiger partial charge < -0.3 is 4.42 Å². The average molecular weight is 369 g/mol. The second kappa shape index (κ2) is 6.66. The molecule has 4 rings (SSSR count). The standard InChI is InChI=1S/C19H19N3O3S/c1-13-22-19(12-25-13)16-4-6-18(7-5-16)26(23,24)21-10-14-8-17(11-20-9-14)15-2-3-15/h4-9,11-12,15,21H,2-3,10H2,1H3. The van der Waals surface area contributed by atoms with E-state index in [4.69, 9.17) is 4.42 Å². The maximum atomic E-state index is 12.5. The molecular weight excluding hydrogens is 350 g/mol. The van der Waals surface area contributed by atoms with Gasteiger partial charge in [0, 0.05) is 31.4 Å². The molecule has 1 fully saturated rings. The number of nitrogens with zero attached hydrogens (tertiary/aromatic N) is 2. The van der Waals surface area contributed by atoms with Crippen molar-refractivity contribution < 1.29 is 12.8 Å². The van der Waals surface area contributed by atoms with Crippen LogP contribution in [0.25, 0.3) is 11.3 Å². The van der Waals surface area contributed by atoms with Gasteiger partial charge in [0.1, 0.15) is 12.0 Å². The molecule has 0 atom stereocenters. The highest BCUT2D eigenvalue weighted by molar-refractivity contribution is 7.89. The normalized spacial score (nSPS) is 14.5. The van der Waals surface area contributed by atoms with Crippen LogP contribution in [0.5, 0.6) is 0 Å². The molecule has 134 valence electrons. The number of benzene rings is 1.